The lowest BCUT2D eigenvalue weighted by atomic mass is 10.0. The topological polar surface area (TPSA) is 83.8 Å². The van der Waals surface area contributed by atoms with Gasteiger partial charge in [0.25, 0.3) is 0 Å². The van der Waals surface area contributed by atoms with Crippen LogP contribution in [-0.4, -0.2) is 37.0 Å². The van der Waals surface area contributed by atoms with Crippen LogP contribution in [0.5, 0.6) is 0 Å². The molecule has 0 aliphatic carbocycles. The van der Waals surface area contributed by atoms with Gasteiger partial charge in [-0.3, -0.25) is 4.79 Å². The molecule has 3 rings (SSSR count). The first-order valence-electron chi connectivity index (χ1n) is 11.3. The fourth-order valence-corrected chi connectivity index (χ4v) is 3.50. The molecule has 0 fully saturated rings. The van der Waals surface area contributed by atoms with Crippen LogP contribution in [0.4, 0.5) is 13.6 Å². The SMILES string of the molecule is CCC.CCOC(=O)c1cn(CCOC(=O)OC)c2cc(F)c(Cc3cccc(Cl)c3F)cc2c1=O. The molecular formula is C26H28ClF2NO6. The molecule has 0 saturated heterocycles. The normalized spacial score (nSPS) is 10.4. The minimum atomic E-state index is -0.914. The predicted octanol–water partition coefficient (Wildman–Crippen LogP) is 5.90. The third-order valence-corrected chi connectivity index (χ3v) is 5.17. The van der Waals surface area contributed by atoms with Crippen molar-refractivity contribution in [2.24, 2.45) is 0 Å². The van der Waals surface area contributed by atoms with Crippen LogP contribution < -0.4 is 5.43 Å². The van der Waals surface area contributed by atoms with Crippen LogP contribution in [0, 0.1) is 11.6 Å². The number of hydrogen-bond acceptors (Lipinski definition) is 6. The number of benzene rings is 2. The van der Waals surface area contributed by atoms with E-state index < -0.39 is 29.2 Å². The number of hydrogen-bond donors (Lipinski definition) is 0. The number of fused-ring (bicyclic) bond motifs is 1. The molecule has 0 spiro atoms. The van der Waals surface area contributed by atoms with Crippen molar-refractivity contribution < 1.29 is 32.6 Å². The number of pyridine rings is 1. The van der Waals surface area contributed by atoms with E-state index in [1.807, 2.05) is 0 Å². The van der Waals surface area contributed by atoms with E-state index in [2.05, 4.69) is 18.6 Å². The van der Waals surface area contributed by atoms with E-state index in [0.717, 1.165) is 13.2 Å². The number of nitrogens with zero attached hydrogens (tertiary/aromatic N) is 1. The van der Waals surface area contributed by atoms with Crippen LogP contribution in [0.2, 0.25) is 5.02 Å². The molecule has 0 aliphatic heterocycles. The number of rotatable bonds is 7. The molecule has 1 aromatic heterocycles. The maximum Gasteiger partial charge on any atom is 0.508 e. The number of esters is 1. The Hall–Kier alpha value is -3.46. The van der Waals surface area contributed by atoms with Gasteiger partial charge in [-0.05, 0) is 36.2 Å². The molecule has 10 heteroatoms. The summed E-state index contributed by atoms with van der Waals surface area (Å²) in [5.74, 6) is -2.22. The highest BCUT2D eigenvalue weighted by Gasteiger charge is 2.19. The Morgan fingerprint density at radius 3 is 2.39 bits per heavy atom. The summed E-state index contributed by atoms with van der Waals surface area (Å²) < 4.78 is 44.9. The molecule has 0 N–H and O–H groups in total. The van der Waals surface area contributed by atoms with Crippen molar-refractivity contribution in [1.82, 2.24) is 4.57 Å². The monoisotopic (exact) mass is 523 g/mol. The maximum absolute atomic E-state index is 15.0. The van der Waals surface area contributed by atoms with Gasteiger partial charge in [0, 0.05) is 18.0 Å². The van der Waals surface area contributed by atoms with Gasteiger partial charge >= 0.3 is 12.1 Å². The largest absolute Gasteiger partial charge is 0.508 e. The number of carbonyl (C=O) groups is 2. The molecule has 0 unspecified atom stereocenters. The smallest absolute Gasteiger partial charge is 0.462 e. The van der Waals surface area contributed by atoms with Gasteiger partial charge in [0.2, 0.25) is 5.43 Å². The second kappa shape index (κ2) is 13.6. The highest BCUT2D eigenvalue weighted by Crippen LogP contribution is 2.24. The quantitative estimate of drug-likeness (QED) is 0.358. The molecule has 0 radical (unpaired) electrons. The van der Waals surface area contributed by atoms with E-state index in [4.69, 9.17) is 21.1 Å². The van der Waals surface area contributed by atoms with Gasteiger partial charge < -0.3 is 18.8 Å². The van der Waals surface area contributed by atoms with Crippen molar-refractivity contribution >= 4 is 34.6 Å². The van der Waals surface area contributed by atoms with Crippen LogP contribution in [0.15, 0.2) is 41.3 Å². The van der Waals surface area contributed by atoms with Gasteiger partial charge in [0.15, 0.2) is 0 Å². The maximum atomic E-state index is 15.0. The number of carbonyl (C=O) groups excluding carboxylic acids is 2. The molecule has 7 nitrogen and oxygen atoms in total. The summed E-state index contributed by atoms with van der Waals surface area (Å²) in [4.78, 5) is 36.6. The van der Waals surface area contributed by atoms with Gasteiger partial charge in [-0.2, -0.15) is 0 Å². The van der Waals surface area contributed by atoms with E-state index in [1.54, 1.807) is 6.92 Å². The summed E-state index contributed by atoms with van der Waals surface area (Å²) in [5, 5.41) is -0.0799. The lowest BCUT2D eigenvalue weighted by Gasteiger charge is -2.15. The zero-order valence-electron chi connectivity index (χ0n) is 20.5. The van der Waals surface area contributed by atoms with Crippen LogP contribution in [-0.2, 0) is 27.2 Å². The van der Waals surface area contributed by atoms with Gasteiger partial charge in [-0.25, -0.2) is 18.4 Å². The molecule has 0 atom stereocenters. The minimum Gasteiger partial charge on any atom is -0.462 e. The van der Waals surface area contributed by atoms with E-state index in [0.29, 0.717) is 0 Å². The fraction of sp³-hybridized carbons (Fsp3) is 0.346. The fourth-order valence-electron chi connectivity index (χ4n) is 3.31. The first-order chi connectivity index (χ1) is 17.2. The Labute approximate surface area is 212 Å². The number of halogens is 3. The van der Waals surface area contributed by atoms with Crippen molar-refractivity contribution in [2.75, 3.05) is 20.3 Å². The summed E-state index contributed by atoms with van der Waals surface area (Å²) in [6.07, 6.45) is 1.39. The summed E-state index contributed by atoms with van der Waals surface area (Å²) in [5.41, 5.74) is -0.585. The average molecular weight is 524 g/mol. The Morgan fingerprint density at radius 2 is 1.75 bits per heavy atom. The minimum absolute atomic E-state index is 0.00000693. The summed E-state index contributed by atoms with van der Waals surface area (Å²) in [6.45, 7) is 5.73. The van der Waals surface area contributed by atoms with E-state index in [9.17, 15) is 23.2 Å². The van der Waals surface area contributed by atoms with E-state index >= 15 is 0 Å². The van der Waals surface area contributed by atoms with Crippen molar-refractivity contribution in [3.05, 3.63) is 80.1 Å². The van der Waals surface area contributed by atoms with Crippen molar-refractivity contribution in [3.63, 3.8) is 0 Å². The molecule has 0 bridgehead atoms. The average Bonchev–Trinajstić information content (AvgIpc) is 2.84. The summed E-state index contributed by atoms with van der Waals surface area (Å²) in [6, 6.07) is 6.75. The Morgan fingerprint density at radius 1 is 1.06 bits per heavy atom. The van der Waals surface area contributed by atoms with Crippen molar-refractivity contribution in [1.29, 1.82) is 0 Å². The van der Waals surface area contributed by atoms with Gasteiger partial charge in [0.05, 0.1) is 30.8 Å². The first kappa shape index (κ1) is 28.8. The van der Waals surface area contributed by atoms with Crippen LogP contribution >= 0.6 is 11.6 Å². The zero-order valence-corrected chi connectivity index (χ0v) is 21.3. The summed E-state index contributed by atoms with van der Waals surface area (Å²) >= 11 is 5.81. The predicted molar refractivity (Wildman–Crippen MR) is 133 cm³/mol. The third-order valence-electron chi connectivity index (χ3n) is 4.87. The summed E-state index contributed by atoms with van der Waals surface area (Å²) in [7, 11) is 1.15. The zero-order chi connectivity index (χ0) is 26.8. The van der Waals surface area contributed by atoms with Crippen LogP contribution in [0.1, 0.15) is 48.7 Å². The van der Waals surface area contributed by atoms with Crippen molar-refractivity contribution in [3.8, 4) is 0 Å². The molecule has 0 aliphatic rings. The van der Waals surface area contributed by atoms with Gasteiger partial charge in [-0.1, -0.05) is 44.0 Å². The molecule has 1 heterocycles. The highest BCUT2D eigenvalue weighted by atomic mass is 35.5. The highest BCUT2D eigenvalue weighted by molar-refractivity contribution is 6.30. The lowest BCUT2D eigenvalue weighted by molar-refractivity contribution is 0.0522. The second-order valence-electron chi connectivity index (χ2n) is 7.65. The number of methoxy groups -OCH3 is 1. The lowest BCUT2D eigenvalue weighted by Crippen LogP contribution is -2.22. The third kappa shape index (κ3) is 7.04. The molecule has 194 valence electrons. The standard InChI is InChI=1S/C23H20ClF2NO6.C3H8/c1-3-32-22(29)16-12-27(7-8-33-23(30)31-2)19-11-18(25)14(10-15(19)21(16)28)9-13-5-4-6-17(24)20(13)26;1-3-2/h4-6,10-12H,3,7-9H2,1-2H3;3H2,1-2H3. The molecule has 2 aromatic carbocycles. The molecule has 0 amide bonds. The van der Waals surface area contributed by atoms with Gasteiger partial charge in [-0.15, -0.1) is 0 Å². The van der Waals surface area contributed by atoms with Crippen LogP contribution in [0.3, 0.4) is 0 Å². The Balaban J connectivity index is 0.00000145. The van der Waals surface area contributed by atoms with Crippen LogP contribution in [0.25, 0.3) is 10.9 Å². The molecular weight excluding hydrogens is 496 g/mol. The van der Waals surface area contributed by atoms with Gasteiger partial charge in [0.1, 0.15) is 23.8 Å². The van der Waals surface area contributed by atoms with E-state index in [1.165, 1.54) is 41.5 Å². The molecule has 3 aromatic rings. The molecule has 36 heavy (non-hydrogen) atoms. The second-order valence-corrected chi connectivity index (χ2v) is 8.05. The van der Waals surface area contributed by atoms with E-state index in [-0.39, 0.29) is 58.8 Å². The Kier molecular flexibility index (Phi) is 10.9. The first-order valence-corrected chi connectivity index (χ1v) is 11.7. The molecule has 0 saturated carbocycles. The number of ether oxygens (including phenoxy) is 3. The number of aromatic nitrogens is 1. The van der Waals surface area contributed by atoms with Crippen molar-refractivity contribution in [2.45, 2.75) is 40.2 Å². The Bertz CT molecular complexity index is 1290.